The molecular weight excluding hydrogens is 416 g/mol. The maximum Gasteiger partial charge on any atom is 0.252 e. The lowest BCUT2D eigenvalue weighted by atomic mass is 9.93. The molecular formula is C25H34N6O2. The Morgan fingerprint density at radius 3 is 2.76 bits per heavy atom. The Labute approximate surface area is 194 Å². The molecule has 2 aromatic heterocycles. The molecule has 3 aromatic rings. The topological polar surface area (TPSA) is 88.9 Å². The number of aromatic nitrogens is 5. The summed E-state index contributed by atoms with van der Waals surface area (Å²) >= 11 is 0. The maximum atomic E-state index is 13.1. The van der Waals surface area contributed by atoms with Crippen LogP contribution >= 0.6 is 0 Å². The van der Waals surface area contributed by atoms with Gasteiger partial charge in [-0.2, -0.15) is 0 Å². The van der Waals surface area contributed by atoms with Crippen molar-refractivity contribution in [1.82, 2.24) is 30.1 Å². The largest absolute Gasteiger partial charge is 0.376 e. The van der Waals surface area contributed by atoms with Crippen molar-refractivity contribution in [3.63, 3.8) is 0 Å². The van der Waals surface area contributed by atoms with Gasteiger partial charge >= 0.3 is 0 Å². The van der Waals surface area contributed by atoms with Gasteiger partial charge in [0.2, 0.25) is 0 Å². The second-order valence-electron chi connectivity index (χ2n) is 9.70. The van der Waals surface area contributed by atoms with Crippen molar-refractivity contribution in [2.45, 2.75) is 90.6 Å². The van der Waals surface area contributed by atoms with Crippen LogP contribution in [0.4, 0.5) is 0 Å². The van der Waals surface area contributed by atoms with Gasteiger partial charge in [-0.25, -0.2) is 4.68 Å². The number of nitrogens with one attached hydrogen (secondary N) is 1. The van der Waals surface area contributed by atoms with Crippen molar-refractivity contribution >= 4 is 10.9 Å². The molecule has 2 fully saturated rings. The molecule has 0 radical (unpaired) electrons. The van der Waals surface area contributed by atoms with Gasteiger partial charge in [0.15, 0.2) is 5.82 Å². The number of benzene rings is 1. The summed E-state index contributed by atoms with van der Waals surface area (Å²) in [5.74, 6) is 0.847. The van der Waals surface area contributed by atoms with Crippen LogP contribution in [0.15, 0.2) is 23.0 Å². The van der Waals surface area contributed by atoms with E-state index in [2.05, 4.69) is 57.5 Å². The molecule has 1 unspecified atom stereocenters. The van der Waals surface area contributed by atoms with Crippen LogP contribution in [0.1, 0.15) is 67.5 Å². The number of aromatic amines is 1. The van der Waals surface area contributed by atoms with E-state index in [0.29, 0.717) is 25.7 Å². The van der Waals surface area contributed by atoms with E-state index >= 15 is 0 Å². The Morgan fingerprint density at radius 1 is 1.12 bits per heavy atom. The van der Waals surface area contributed by atoms with Crippen LogP contribution in [-0.4, -0.2) is 48.8 Å². The smallest absolute Gasteiger partial charge is 0.252 e. The standard InChI is InChI=1S/C25H34N6O2/c1-17-10-11-19-13-20(25(32)26-24(19)18(17)2)14-30(21-7-4-3-5-8-21)16-23-27-28-29-31(23)15-22-9-6-12-33-22/h10-11,13,21-22H,3-9,12,14-16H2,1-2H3,(H,26,32). The summed E-state index contributed by atoms with van der Waals surface area (Å²) in [5, 5.41) is 13.6. The number of rotatable bonds is 7. The van der Waals surface area contributed by atoms with Crippen LogP contribution in [0, 0.1) is 13.8 Å². The molecule has 2 aliphatic rings. The summed E-state index contributed by atoms with van der Waals surface area (Å²) in [4.78, 5) is 18.6. The summed E-state index contributed by atoms with van der Waals surface area (Å²) in [5.41, 5.74) is 4.06. The van der Waals surface area contributed by atoms with Gasteiger partial charge in [-0.05, 0) is 72.5 Å². The Morgan fingerprint density at radius 2 is 1.97 bits per heavy atom. The van der Waals surface area contributed by atoms with Gasteiger partial charge in [0.1, 0.15) is 0 Å². The lowest BCUT2D eigenvalue weighted by Gasteiger charge is -2.34. The summed E-state index contributed by atoms with van der Waals surface area (Å²) in [6, 6.07) is 6.72. The fourth-order valence-corrected chi connectivity index (χ4v) is 5.31. The van der Waals surface area contributed by atoms with Gasteiger partial charge in [-0.1, -0.05) is 31.4 Å². The maximum absolute atomic E-state index is 13.1. The second-order valence-corrected chi connectivity index (χ2v) is 9.70. The fourth-order valence-electron chi connectivity index (χ4n) is 5.31. The summed E-state index contributed by atoms with van der Waals surface area (Å²) in [7, 11) is 0. The third kappa shape index (κ3) is 4.87. The van der Waals surface area contributed by atoms with E-state index in [1.807, 2.05) is 4.68 Å². The minimum Gasteiger partial charge on any atom is -0.376 e. The Balaban J connectivity index is 1.42. The fraction of sp³-hybridized carbons (Fsp3) is 0.600. The third-order valence-electron chi connectivity index (χ3n) is 7.44. The Bertz CT molecular complexity index is 1160. The molecule has 8 nitrogen and oxygen atoms in total. The molecule has 1 N–H and O–H groups in total. The first-order valence-electron chi connectivity index (χ1n) is 12.3. The summed E-state index contributed by atoms with van der Waals surface area (Å²) < 4.78 is 7.69. The van der Waals surface area contributed by atoms with E-state index < -0.39 is 0 Å². The number of H-pyrrole nitrogens is 1. The molecule has 0 bridgehead atoms. The predicted octanol–water partition coefficient (Wildman–Crippen LogP) is 3.65. The molecule has 3 heterocycles. The Hall–Kier alpha value is -2.58. The number of ether oxygens (including phenoxy) is 1. The van der Waals surface area contributed by atoms with Gasteiger partial charge in [-0.15, -0.1) is 5.10 Å². The molecule has 5 rings (SSSR count). The normalized spacial score (nSPS) is 19.7. The molecule has 1 aromatic carbocycles. The van der Waals surface area contributed by atoms with Gasteiger partial charge < -0.3 is 9.72 Å². The van der Waals surface area contributed by atoms with Gasteiger partial charge in [-0.3, -0.25) is 9.69 Å². The zero-order valence-corrected chi connectivity index (χ0v) is 19.7. The van der Waals surface area contributed by atoms with Crippen molar-refractivity contribution in [1.29, 1.82) is 0 Å². The molecule has 1 saturated heterocycles. The molecule has 0 spiro atoms. The first-order valence-corrected chi connectivity index (χ1v) is 12.3. The molecule has 0 amide bonds. The average molecular weight is 451 g/mol. The van der Waals surface area contributed by atoms with Crippen LogP contribution in [0.2, 0.25) is 0 Å². The first-order chi connectivity index (χ1) is 16.1. The van der Waals surface area contributed by atoms with Gasteiger partial charge in [0.25, 0.3) is 5.56 Å². The minimum atomic E-state index is -0.00374. The number of hydrogen-bond acceptors (Lipinski definition) is 6. The minimum absolute atomic E-state index is 0.00374. The molecule has 33 heavy (non-hydrogen) atoms. The number of aryl methyl sites for hydroxylation is 2. The van der Waals surface area contributed by atoms with Crippen LogP contribution in [-0.2, 0) is 24.4 Å². The number of fused-ring (bicyclic) bond motifs is 1. The predicted molar refractivity (Wildman–Crippen MR) is 127 cm³/mol. The van der Waals surface area contributed by atoms with Crippen LogP contribution in [0.3, 0.4) is 0 Å². The average Bonchev–Trinajstić information content (AvgIpc) is 3.50. The van der Waals surface area contributed by atoms with Crippen molar-refractivity contribution in [3.8, 4) is 0 Å². The first kappa shape index (κ1) is 22.2. The zero-order chi connectivity index (χ0) is 22.8. The summed E-state index contributed by atoms with van der Waals surface area (Å²) in [6.07, 6.45) is 8.38. The second kappa shape index (κ2) is 9.73. The van der Waals surface area contributed by atoms with Crippen LogP contribution in [0.25, 0.3) is 10.9 Å². The number of pyridine rings is 1. The molecule has 1 atom stereocenters. The lowest BCUT2D eigenvalue weighted by molar-refractivity contribution is 0.0893. The molecule has 1 aliphatic heterocycles. The quantitative estimate of drug-likeness (QED) is 0.591. The van der Waals surface area contributed by atoms with E-state index in [4.69, 9.17) is 4.74 Å². The molecule has 176 valence electrons. The van der Waals surface area contributed by atoms with Crippen LogP contribution < -0.4 is 5.56 Å². The van der Waals surface area contributed by atoms with E-state index in [1.54, 1.807) is 0 Å². The molecule has 1 saturated carbocycles. The Kier molecular flexibility index (Phi) is 6.55. The SMILES string of the molecule is Cc1ccc2cc(CN(Cc3nnnn3CC3CCCO3)C3CCCCC3)c(=O)[nH]c2c1C. The third-order valence-corrected chi connectivity index (χ3v) is 7.44. The van der Waals surface area contributed by atoms with E-state index in [9.17, 15) is 4.79 Å². The van der Waals surface area contributed by atoms with Gasteiger partial charge in [0, 0.05) is 24.8 Å². The highest BCUT2D eigenvalue weighted by atomic mass is 16.5. The van der Waals surface area contributed by atoms with E-state index in [1.165, 1.54) is 24.8 Å². The zero-order valence-electron chi connectivity index (χ0n) is 19.7. The van der Waals surface area contributed by atoms with E-state index in [-0.39, 0.29) is 11.7 Å². The molecule has 1 aliphatic carbocycles. The summed E-state index contributed by atoms with van der Waals surface area (Å²) in [6.45, 7) is 6.88. The van der Waals surface area contributed by atoms with Crippen molar-refractivity contribution in [2.75, 3.05) is 6.61 Å². The molecule has 8 heteroatoms. The number of hydrogen-bond donors (Lipinski definition) is 1. The lowest BCUT2D eigenvalue weighted by Crippen LogP contribution is -2.38. The van der Waals surface area contributed by atoms with Gasteiger partial charge in [0.05, 0.1) is 24.7 Å². The van der Waals surface area contributed by atoms with Crippen LogP contribution in [0.5, 0.6) is 0 Å². The van der Waals surface area contributed by atoms with Crippen molar-refractivity contribution in [3.05, 3.63) is 51.1 Å². The highest BCUT2D eigenvalue weighted by Gasteiger charge is 2.26. The van der Waals surface area contributed by atoms with E-state index in [0.717, 1.165) is 60.1 Å². The highest BCUT2D eigenvalue weighted by Crippen LogP contribution is 2.26. The monoisotopic (exact) mass is 450 g/mol. The highest BCUT2D eigenvalue weighted by molar-refractivity contribution is 5.83. The van der Waals surface area contributed by atoms with Crippen molar-refractivity contribution < 1.29 is 4.74 Å². The number of nitrogens with zero attached hydrogens (tertiary/aromatic N) is 5. The van der Waals surface area contributed by atoms with Crippen molar-refractivity contribution in [2.24, 2.45) is 0 Å². The number of tetrazole rings is 1.